The fourth-order valence-electron chi connectivity index (χ4n) is 3.32. The van der Waals surface area contributed by atoms with Gasteiger partial charge in [-0.1, -0.05) is 71.1 Å². The zero-order chi connectivity index (χ0) is 20.5. The van der Waals surface area contributed by atoms with Crippen molar-refractivity contribution < 1.29 is 14.0 Å². The number of halogens is 1. The molecule has 3 nitrogen and oxygen atoms in total. The van der Waals surface area contributed by atoms with Gasteiger partial charge < -0.3 is 9.16 Å². The highest BCUT2D eigenvalue weighted by atomic mass is 35.5. The molecule has 27 heavy (non-hydrogen) atoms. The van der Waals surface area contributed by atoms with Crippen LogP contribution in [0.2, 0.25) is 19.6 Å². The van der Waals surface area contributed by atoms with Crippen molar-refractivity contribution in [3.05, 3.63) is 0 Å². The first kappa shape index (κ1) is 26.9. The van der Waals surface area contributed by atoms with E-state index in [9.17, 15) is 4.79 Å². The SMILES string of the molecule is CCCCCCCCCCCC(Cl)C(CCCCC(=O)OC)O[Si](C)(C)C. The zero-order valence-electron chi connectivity index (χ0n) is 18.7. The maximum atomic E-state index is 11.2. The van der Waals surface area contributed by atoms with Crippen LogP contribution in [0.4, 0.5) is 0 Å². The van der Waals surface area contributed by atoms with Crippen LogP contribution in [0.3, 0.4) is 0 Å². The fraction of sp³-hybridized carbons (Fsp3) is 0.955. The van der Waals surface area contributed by atoms with Gasteiger partial charge in [0.1, 0.15) is 0 Å². The van der Waals surface area contributed by atoms with E-state index in [1.54, 1.807) is 0 Å². The molecule has 0 aliphatic carbocycles. The van der Waals surface area contributed by atoms with E-state index in [1.165, 1.54) is 64.9 Å². The molecule has 0 aromatic heterocycles. The van der Waals surface area contributed by atoms with Gasteiger partial charge in [0, 0.05) is 6.42 Å². The first-order valence-electron chi connectivity index (χ1n) is 11.2. The van der Waals surface area contributed by atoms with E-state index in [2.05, 4.69) is 26.6 Å². The summed E-state index contributed by atoms with van der Waals surface area (Å²) in [4.78, 5) is 11.2. The van der Waals surface area contributed by atoms with Gasteiger partial charge in [-0.2, -0.15) is 0 Å². The van der Waals surface area contributed by atoms with Crippen molar-refractivity contribution in [2.24, 2.45) is 0 Å². The maximum Gasteiger partial charge on any atom is 0.305 e. The van der Waals surface area contributed by atoms with Crippen molar-refractivity contribution in [3.8, 4) is 0 Å². The van der Waals surface area contributed by atoms with Crippen molar-refractivity contribution in [2.75, 3.05) is 7.11 Å². The number of ether oxygens (including phenoxy) is 1. The summed E-state index contributed by atoms with van der Waals surface area (Å²) < 4.78 is 11.1. The molecule has 0 saturated heterocycles. The Labute approximate surface area is 175 Å². The lowest BCUT2D eigenvalue weighted by atomic mass is 10.0. The second-order valence-corrected chi connectivity index (χ2v) is 13.7. The van der Waals surface area contributed by atoms with Crippen LogP contribution in [0.25, 0.3) is 0 Å². The summed E-state index contributed by atoms with van der Waals surface area (Å²) in [6.07, 6.45) is 16.4. The minimum Gasteiger partial charge on any atom is -0.469 e. The predicted molar refractivity (Wildman–Crippen MR) is 120 cm³/mol. The van der Waals surface area contributed by atoms with Crippen LogP contribution in [0.5, 0.6) is 0 Å². The molecule has 0 aromatic carbocycles. The van der Waals surface area contributed by atoms with Gasteiger partial charge in [0.05, 0.1) is 18.6 Å². The first-order chi connectivity index (χ1) is 12.8. The van der Waals surface area contributed by atoms with Gasteiger partial charge in [0.2, 0.25) is 0 Å². The van der Waals surface area contributed by atoms with Gasteiger partial charge in [-0.25, -0.2) is 0 Å². The molecule has 0 amide bonds. The molecule has 0 saturated carbocycles. The van der Waals surface area contributed by atoms with Crippen LogP contribution in [0, 0.1) is 0 Å². The summed E-state index contributed by atoms with van der Waals surface area (Å²) >= 11 is 6.72. The van der Waals surface area contributed by atoms with E-state index in [0.29, 0.717) is 6.42 Å². The Hall–Kier alpha value is -0.0631. The number of hydrogen-bond donors (Lipinski definition) is 0. The van der Waals surface area contributed by atoms with E-state index >= 15 is 0 Å². The van der Waals surface area contributed by atoms with Gasteiger partial charge in [0.25, 0.3) is 0 Å². The van der Waals surface area contributed by atoms with Crippen LogP contribution < -0.4 is 0 Å². The molecule has 0 radical (unpaired) electrons. The number of unbranched alkanes of at least 4 members (excludes halogenated alkanes) is 9. The Bertz CT molecular complexity index is 358. The number of carbonyl (C=O) groups excluding carboxylic acids is 1. The molecule has 0 rings (SSSR count). The van der Waals surface area contributed by atoms with Gasteiger partial charge in [-0.3, -0.25) is 4.79 Å². The molecule has 2 unspecified atom stereocenters. The second-order valence-electron chi connectivity index (χ2n) is 8.72. The maximum absolute atomic E-state index is 11.2. The van der Waals surface area contributed by atoms with Crippen molar-refractivity contribution in [2.45, 2.75) is 128 Å². The van der Waals surface area contributed by atoms with E-state index in [0.717, 1.165) is 25.7 Å². The number of rotatable bonds is 18. The summed E-state index contributed by atoms with van der Waals surface area (Å²) in [5, 5.41) is 0.0828. The van der Waals surface area contributed by atoms with Crippen LogP contribution in [0.1, 0.15) is 96.8 Å². The van der Waals surface area contributed by atoms with Crippen LogP contribution in [-0.2, 0) is 14.0 Å². The molecule has 0 bridgehead atoms. The summed E-state index contributed by atoms with van der Waals surface area (Å²) in [5.41, 5.74) is 0. The Balaban J connectivity index is 4.01. The second kappa shape index (κ2) is 16.9. The van der Waals surface area contributed by atoms with Gasteiger partial charge in [0.15, 0.2) is 8.32 Å². The van der Waals surface area contributed by atoms with E-state index in [-0.39, 0.29) is 17.5 Å². The molecule has 0 N–H and O–H groups in total. The molecule has 2 atom stereocenters. The summed E-state index contributed by atoms with van der Waals surface area (Å²) in [7, 11) is -0.180. The van der Waals surface area contributed by atoms with Gasteiger partial charge in [-0.15, -0.1) is 11.6 Å². The zero-order valence-corrected chi connectivity index (χ0v) is 20.4. The number of carbonyl (C=O) groups is 1. The summed E-state index contributed by atoms with van der Waals surface area (Å²) in [5.74, 6) is -0.130. The quantitative estimate of drug-likeness (QED) is 0.0997. The van der Waals surface area contributed by atoms with Gasteiger partial charge >= 0.3 is 5.97 Å². The Morgan fingerprint density at radius 3 is 1.89 bits per heavy atom. The van der Waals surface area contributed by atoms with Crippen molar-refractivity contribution in [1.29, 1.82) is 0 Å². The average Bonchev–Trinajstić information content (AvgIpc) is 2.61. The smallest absolute Gasteiger partial charge is 0.305 e. The predicted octanol–water partition coefficient (Wildman–Crippen LogP) is 7.47. The molecule has 0 aromatic rings. The van der Waals surface area contributed by atoms with Crippen molar-refractivity contribution >= 4 is 25.9 Å². The normalized spacial score (nSPS) is 14.1. The lowest BCUT2D eigenvalue weighted by Crippen LogP contribution is -2.37. The highest BCUT2D eigenvalue weighted by Gasteiger charge is 2.26. The van der Waals surface area contributed by atoms with E-state index in [4.69, 9.17) is 20.8 Å². The summed E-state index contributed by atoms with van der Waals surface area (Å²) in [6.45, 7) is 8.92. The van der Waals surface area contributed by atoms with Crippen LogP contribution >= 0.6 is 11.6 Å². The third-order valence-electron chi connectivity index (χ3n) is 4.84. The molecule has 0 aliphatic rings. The third kappa shape index (κ3) is 17.7. The molecule has 162 valence electrons. The minimum atomic E-state index is -1.62. The molecule has 0 spiro atoms. The topological polar surface area (TPSA) is 35.5 Å². The van der Waals surface area contributed by atoms with Crippen molar-refractivity contribution in [1.82, 2.24) is 0 Å². The molecular formula is C22H45ClO3Si. The Kier molecular flexibility index (Phi) is 16.8. The Morgan fingerprint density at radius 2 is 1.37 bits per heavy atom. The van der Waals surface area contributed by atoms with Crippen LogP contribution in [-0.4, -0.2) is 32.9 Å². The number of hydrogen-bond acceptors (Lipinski definition) is 3. The van der Waals surface area contributed by atoms with Gasteiger partial charge in [-0.05, 0) is 38.9 Å². The lowest BCUT2D eigenvalue weighted by molar-refractivity contribution is -0.140. The highest BCUT2D eigenvalue weighted by Crippen LogP contribution is 2.24. The molecule has 0 aliphatic heterocycles. The molecular weight excluding hydrogens is 376 g/mol. The standard InChI is InChI=1S/C22H45ClO3Si/c1-6-7-8-9-10-11-12-13-14-17-20(23)21(26-27(3,4)5)18-15-16-19-22(24)25-2/h20-21H,6-19H2,1-5H3. The molecule has 0 fully saturated rings. The number of methoxy groups -OCH3 is 1. The first-order valence-corrected chi connectivity index (χ1v) is 15.0. The Morgan fingerprint density at radius 1 is 0.852 bits per heavy atom. The molecule has 5 heteroatoms. The van der Waals surface area contributed by atoms with E-state index < -0.39 is 8.32 Å². The fourth-order valence-corrected chi connectivity index (χ4v) is 4.93. The monoisotopic (exact) mass is 420 g/mol. The third-order valence-corrected chi connectivity index (χ3v) is 6.35. The molecule has 0 heterocycles. The van der Waals surface area contributed by atoms with Crippen molar-refractivity contribution in [3.63, 3.8) is 0 Å². The van der Waals surface area contributed by atoms with E-state index in [1.807, 2.05) is 0 Å². The van der Waals surface area contributed by atoms with Crippen LogP contribution in [0.15, 0.2) is 0 Å². The lowest BCUT2D eigenvalue weighted by Gasteiger charge is -2.30. The number of alkyl halides is 1. The largest absolute Gasteiger partial charge is 0.469 e. The average molecular weight is 421 g/mol. The summed E-state index contributed by atoms with van der Waals surface area (Å²) in [6, 6.07) is 0. The highest BCUT2D eigenvalue weighted by molar-refractivity contribution is 6.69. The minimum absolute atomic E-state index is 0.0828. The number of esters is 1.